The molecule has 0 aromatic heterocycles. The minimum atomic E-state index is -3.75. The molecule has 0 spiro atoms. The largest absolute Gasteiger partial charge is 0.472 e. The van der Waals surface area contributed by atoms with Gasteiger partial charge in [-0.15, -0.1) is 0 Å². The van der Waals surface area contributed by atoms with E-state index in [1.807, 2.05) is 13.8 Å². The molecule has 0 saturated heterocycles. The second-order valence-electron chi connectivity index (χ2n) is 17.0. The lowest BCUT2D eigenvalue weighted by molar-refractivity contribution is 0.146. The molecule has 0 aliphatic heterocycles. The maximum Gasteiger partial charge on any atom is 0.472 e. The van der Waals surface area contributed by atoms with E-state index >= 15 is 0 Å². The highest BCUT2D eigenvalue weighted by Crippen LogP contribution is 2.61. The Balaban J connectivity index is 0. The average Bonchev–Trinajstić information content (AvgIpc) is 3.16. The van der Waals surface area contributed by atoms with Gasteiger partial charge in [0.15, 0.2) is 0 Å². The van der Waals surface area contributed by atoms with Crippen LogP contribution in [-0.4, -0.2) is 42.8 Å². The first-order valence-electron chi connectivity index (χ1n) is 24.8. The first-order chi connectivity index (χ1) is 26.4. The molecule has 0 bridgehead atoms. The van der Waals surface area contributed by atoms with Gasteiger partial charge < -0.3 is 4.89 Å². The van der Waals surface area contributed by atoms with Crippen LogP contribution in [0, 0.1) is 0 Å². The van der Waals surface area contributed by atoms with E-state index in [4.69, 9.17) is 13.9 Å². The number of phosphoric acid groups is 1. The Morgan fingerprint density at radius 1 is 0.315 bits per heavy atom. The van der Waals surface area contributed by atoms with Gasteiger partial charge in [-0.25, -0.2) is 4.57 Å². The van der Waals surface area contributed by atoms with E-state index in [9.17, 15) is 4.57 Å². The van der Waals surface area contributed by atoms with E-state index in [2.05, 4.69) is 27.7 Å². The molecule has 6 heteroatoms. The van der Waals surface area contributed by atoms with Gasteiger partial charge in [-0.1, -0.05) is 215 Å². The summed E-state index contributed by atoms with van der Waals surface area (Å²) in [5, 5.41) is 0. The van der Waals surface area contributed by atoms with Crippen molar-refractivity contribution in [2.45, 2.75) is 273 Å². The zero-order chi connectivity index (χ0) is 40.1. The van der Waals surface area contributed by atoms with E-state index in [1.54, 1.807) is 43.9 Å². The highest BCUT2D eigenvalue weighted by Gasteiger charge is 2.34. The Kier molecular flexibility index (Phi) is 48.5. The minimum absolute atomic E-state index is 0.288. The summed E-state index contributed by atoms with van der Waals surface area (Å²) in [4.78, 5) is 9.08. The fraction of sp³-hybridized carbons (Fsp3) is 1.00. The topological polar surface area (TPSA) is 55.8 Å². The fourth-order valence-corrected chi connectivity index (χ4v) is 13.5. The Morgan fingerprint density at radius 3 is 0.759 bits per heavy atom. The van der Waals surface area contributed by atoms with E-state index in [-0.39, 0.29) is 13.2 Å². The molecule has 0 aliphatic carbocycles. The monoisotopic (exact) mass is 806 g/mol. The van der Waals surface area contributed by atoms with Gasteiger partial charge in [0.05, 0.1) is 37.9 Å². The summed E-state index contributed by atoms with van der Waals surface area (Å²) < 4.78 is 20.5. The first-order valence-corrected chi connectivity index (χ1v) is 28.9. The Bertz CT molecular complexity index is 660. The predicted molar refractivity (Wildman–Crippen MR) is 248 cm³/mol. The molecule has 0 saturated carbocycles. The molecule has 4 nitrogen and oxygen atoms in total. The molecule has 0 atom stereocenters. The van der Waals surface area contributed by atoms with Crippen molar-refractivity contribution >= 4 is 15.1 Å². The summed E-state index contributed by atoms with van der Waals surface area (Å²) in [6, 6.07) is 0. The third kappa shape index (κ3) is 43.7. The van der Waals surface area contributed by atoms with Crippen LogP contribution in [0.1, 0.15) is 273 Å². The van der Waals surface area contributed by atoms with Crippen molar-refractivity contribution in [3.8, 4) is 0 Å². The van der Waals surface area contributed by atoms with Crippen molar-refractivity contribution in [2.24, 2.45) is 0 Å². The van der Waals surface area contributed by atoms with Crippen LogP contribution in [0.15, 0.2) is 0 Å². The molecule has 0 aromatic carbocycles. The van der Waals surface area contributed by atoms with Crippen LogP contribution in [0.3, 0.4) is 0 Å². The van der Waals surface area contributed by atoms with Crippen molar-refractivity contribution in [3.63, 3.8) is 0 Å². The van der Waals surface area contributed by atoms with Gasteiger partial charge in [0.25, 0.3) is 0 Å². The lowest BCUT2D eigenvalue weighted by Gasteiger charge is -2.28. The Hall–Kier alpha value is 0.540. The molecule has 328 valence electrons. The molecular weight excluding hydrogens is 702 g/mol. The maximum atomic E-state index is 11.1. The molecule has 54 heavy (non-hydrogen) atoms. The minimum Gasteiger partial charge on any atom is -0.302 e. The number of phosphoric ester groups is 1. The van der Waals surface area contributed by atoms with Crippen LogP contribution in [0.4, 0.5) is 0 Å². The molecule has 0 unspecified atom stereocenters. The van der Waals surface area contributed by atoms with Gasteiger partial charge in [-0.3, -0.25) is 9.05 Å². The summed E-state index contributed by atoms with van der Waals surface area (Å²) in [5.41, 5.74) is 0. The number of hydrogen-bond donors (Lipinski definition) is 1. The molecule has 1 N–H and O–H groups in total. The van der Waals surface area contributed by atoms with Gasteiger partial charge >= 0.3 is 7.82 Å². The van der Waals surface area contributed by atoms with E-state index in [0.717, 1.165) is 25.7 Å². The number of unbranched alkanes of at least 4 members (excludes halogenated alkanes) is 30. The van der Waals surface area contributed by atoms with E-state index in [1.165, 1.54) is 186 Å². The van der Waals surface area contributed by atoms with Gasteiger partial charge in [0.1, 0.15) is 0 Å². The van der Waals surface area contributed by atoms with Crippen molar-refractivity contribution < 1.29 is 18.5 Å². The smallest absolute Gasteiger partial charge is 0.302 e. The second kappa shape index (κ2) is 46.2. The zero-order valence-corrected chi connectivity index (χ0v) is 40.1. The van der Waals surface area contributed by atoms with Crippen molar-refractivity contribution in [1.82, 2.24) is 0 Å². The van der Waals surface area contributed by atoms with Crippen molar-refractivity contribution in [1.29, 1.82) is 0 Å². The quantitative estimate of drug-likeness (QED) is 0.0492. The molecule has 0 fully saturated rings. The second-order valence-corrected chi connectivity index (χ2v) is 22.9. The SMILES string of the molecule is CCCCCCCCCCCC[P+](CCCC)(CCCCCCCCCCCC)CCCCCCCCCCCC.CCCCOP(=O)(O)OCCCC. The average molecular weight is 806 g/mol. The lowest BCUT2D eigenvalue weighted by Crippen LogP contribution is -2.13. The highest BCUT2D eigenvalue weighted by atomic mass is 31.2. The Labute approximate surface area is 343 Å². The Morgan fingerprint density at radius 2 is 0.519 bits per heavy atom. The van der Waals surface area contributed by atoms with Crippen LogP contribution in [0.2, 0.25) is 0 Å². The molecule has 0 aromatic rings. The molecule has 0 heterocycles. The van der Waals surface area contributed by atoms with Crippen molar-refractivity contribution in [3.05, 3.63) is 0 Å². The number of hydrogen-bond acceptors (Lipinski definition) is 3. The van der Waals surface area contributed by atoms with Gasteiger partial charge in [0.2, 0.25) is 0 Å². The lowest BCUT2D eigenvalue weighted by atomic mass is 10.1. The zero-order valence-electron chi connectivity index (χ0n) is 38.3. The summed E-state index contributed by atoms with van der Waals surface area (Å²) in [6.45, 7) is 14.0. The molecular formula is C48H103O4P2+. The van der Waals surface area contributed by atoms with Crippen molar-refractivity contribution in [2.75, 3.05) is 37.9 Å². The van der Waals surface area contributed by atoms with Crippen LogP contribution < -0.4 is 0 Å². The predicted octanol–water partition coefficient (Wildman–Crippen LogP) is 18.3. The third-order valence-electron chi connectivity index (χ3n) is 11.4. The summed E-state index contributed by atoms with van der Waals surface area (Å²) in [5.74, 6) is 0. The summed E-state index contributed by atoms with van der Waals surface area (Å²) in [6.07, 6.45) is 57.5. The number of rotatable bonds is 44. The van der Waals surface area contributed by atoms with Crippen LogP contribution in [0.25, 0.3) is 0 Å². The molecule has 0 rings (SSSR count). The third-order valence-corrected chi connectivity index (χ3v) is 17.5. The molecule has 0 aliphatic rings. The normalized spacial score (nSPS) is 12.0. The van der Waals surface area contributed by atoms with Crippen LogP contribution in [0.5, 0.6) is 0 Å². The van der Waals surface area contributed by atoms with Gasteiger partial charge in [-0.2, -0.15) is 0 Å². The van der Waals surface area contributed by atoms with E-state index in [0.29, 0.717) is 0 Å². The van der Waals surface area contributed by atoms with Crippen LogP contribution in [-0.2, 0) is 13.6 Å². The summed E-state index contributed by atoms with van der Waals surface area (Å²) >= 11 is 0. The molecule has 0 radical (unpaired) electrons. The first kappa shape index (κ1) is 56.6. The van der Waals surface area contributed by atoms with E-state index < -0.39 is 15.1 Å². The maximum absolute atomic E-state index is 11.1. The van der Waals surface area contributed by atoms with Gasteiger partial charge in [0, 0.05) is 7.26 Å². The van der Waals surface area contributed by atoms with Crippen LogP contribution >= 0.6 is 15.1 Å². The molecule has 0 amide bonds. The van der Waals surface area contributed by atoms with Gasteiger partial charge in [-0.05, 0) is 57.8 Å². The summed E-state index contributed by atoms with van der Waals surface area (Å²) in [7, 11) is -4.49. The fourth-order valence-electron chi connectivity index (χ4n) is 7.65. The standard InChI is InChI=1S/C40H84P.C8H19O4P/c1-5-9-13-16-19-22-25-28-31-34-38-41(37-12-8-4,39-35-32-29-26-23-20-17-14-10-6-2)40-36-33-30-27-24-21-18-15-11-7-3;1-3-5-7-11-13(9,10)12-8-6-4-2/h5-40H2,1-4H3;3-8H2,1-2H3,(H,9,10)/q+1;. The highest BCUT2D eigenvalue weighted by molar-refractivity contribution is 7.75.